The number of amidine groups is 1. The molecule has 0 bridgehead atoms. The summed E-state index contributed by atoms with van der Waals surface area (Å²) in [5.74, 6) is 0.725. The van der Waals surface area contributed by atoms with Crippen molar-refractivity contribution >= 4 is 28.5 Å². The number of hydrogen-bond acceptors (Lipinski definition) is 7. The molecule has 1 fully saturated rings. The van der Waals surface area contributed by atoms with Crippen molar-refractivity contribution in [3.8, 4) is 11.4 Å². The van der Waals surface area contributed by atoms with E-state index in [4.69, 9.17) is 4.74 Å². The predicted molar refractivity (Wildman–Crippen MR) is 102 cm³/mol. The lowest BCUT2D eigenvalue weighted by molar-refractivity contribution is -0.118. The van der Waals surface area contributed by atoms with E-state index in [1.807, 2.05) is 48.5 Å². The molecular formula is C18H16N6O2S. The van der Waals surface area contributed by atoms with Crippen molar-refractivity contribution in [2.75, 3.05) is 7.11 Å². The molecule has 2 aromatic carbocycles. The van der Waals surface area contributed by atoms with E-state index in [0.29, 0.717) is 11.6 Å². The van der Waals surface area contributed by atoms with Gasteiger partial charge in [-0.05, 0) is 58.8 Å². The van der Waals surface area contributed by atoms with Crippen LogP contribution in [0, 0.1) is 0 Å². The minimum absolute atomic E-state index is 0.0416. The van der Waals surface area contributed by atoms with Gasteiger partial charge in [-0.3, -0.25) is 4.79 Å². The number of nitrogens with one attached hydrogen (secondary N) is 1. The highest BCUT2D eigenvalue weighted by Gasteiger charge is 2.30. The van der Waals surface area contributed by atoms with Crippen LogP contribution >= 0.6 is 11.8 Å². The zero-order chi connectivity index (χ0) is 18.6. The molecule has 1 aliphatic rings. The van der Waals surface area contributed by atoms with E-state index >= 15 is 0 Å². The summed E-state index contributed by atoms with van der Waals surface area (Å²) < 4.78 is 6.72. The van der Waals surface area contributed by atoms with Crippen molar-refractivity contribution in [1.29, 1.82) is 0 Å². The average Bonchev–Trinajstić information content (AvgIpc) is 3.33. The second-order valence-corrected chi connectivity index (χ2v) is 7.03. The van der Waals surface area contributed by atoms with Gasteiger partial charge in [0.1, 0.15) is 12.1 Å². The van der Waals surface area contributed by atoms with Crippen LogP contribution in [0.15, 0.2) is 59.9 Å². The van der Waals surface area contributed by atoms with Gasteiger partial charge in [-0.1, -0.05) is 23.9 Å². The largest absolute Gasteiger partial charge is 0.497 e. The minimum Gasteiger partial charge on any atom is -0.497 e. The van der Waals surface area contributed by atoms with Gasteiger partial charge >= 0.3 is 0 Å². The Labute approximate surface area is 159 Å². The quantitative estimate of drug-likeness (QED) is 0.729. The Morgan fingerprint density at radius 3 is 2.85 bits per heavy atom. The molecule has 2 heterocycles. The van der Waals surface area contributed by atoms with Crippen molar-refractivity contribution in [2.45, 2.75) is 11.7 Å². The number of aliphatic imine (C=N–C) groups is 1. The number of carbonyl (C=O) groups excluding carboxylic acids is 1. The van der Waals surface area contributed by atoms with Crippen LogP contribution in [0.1, 0.15) is 5.56 Å². The SMILES string of the molecule is COc1ccc(N=C2NC(=O)[C@@H](Cc3cccc(-n4cnnn4)c3)S2)cc1. The number of nitrogens with zero attached hydrogens (tertiary/aromatic N) is 5. The van der Waals surface area contributed by atoms with Gasteiger partial charge < -0.3 is 10.1 Å². The maximum Gasteiger partial charge on any atom is 0.239 e. The van der Waals surface area contributed by atoms with Gasteiger partial charge in [-0.25, -0.2) is 9.67 Å². The van der Waals surface area contributed by atoms with E-state index in [2.05, 4.69) is 25.8 Å². The third kappa shape index (κ3) is 3.98. The van der Waals surface area contributed by atoms with E-state index in [-0.39, 0.29) is 11.2 Å². The van der Waals surface area contributed by atoms with Gasteiger partial charge in [0.25, 0.3) is 0 Å². The normalized spacial score (nSPS) is 17.9. The fraction of sp³-hybridized carbons (Fsp3) is 0.167. The van der Waals surface area contributed by atoms with Crippen LogP contribution in [0.3, 0.4) is 0 Å². The fourth-order valence-electron chi connectivity index (χ4n) is 2.69. The highest BCUT2D eigenvalue weighted by molar-refractivity contribution is 8.15. The Kier molecular flexibility index (Phi) is 4.84. The van der Waals surface area contributed by atoms with Crippen molar-refractivity contribution in [1.82, 2.24) is 25.5 Å². The molecule has 0 saturated carbocycles. The minimum atomic E-state index is -0.230. The van der Waals surface area contributed by atoms with E-state index in [9.17, 15) is 4.79 Å². The monoisotopic (exact) mass is 380 g/mol. The van der Waals surface area contributed by atoms with Gasteiger partial charge in [0.2, 0.25) is 5.91 Å². The number of ether oxygens (including phenoxy) is 1. The number of benzene rings is 2. The van der Waals surface area contributed by atoms with E-state index in [1.54, 1.807) is 11.8 Å². The molecule has 1 saturated heterocycles. The number of aromatic nitrogens is 4. The smallest absolute Gasteiger partial charge is 0.239 e. The summed E-state index contributed by atoms with van der Waals surface area (Å²) in [5, 5.41) is 14.4. The van der Waals surface area contributed by atoms with E-state index in [1.165, 1.54) is 18.1 Å². The van der Waals surface area contributed by atoms with E-state index < -0.39 is 0 Å². The molecule has 0 unspecified atom stereocenters. The maximum atomic E-state index is 12.3. The first kappa shape index (κ1) is 17.2. The molecule has 3 aromatic rings. The molecule has 1 aromatic heterocycles. The Morgan fingerprint density at radius 1 is 1.26 bits per heavy atom. The Bertz CT molecular complexity index is 972. The lowest BCUT2D eigenvalue weighted by atomic mass is 10.1. The van der Waals surface area contributed by atoms with Crippen LogP contribution < -0.4 is 10.1 Å². The number of methoxy groups -OCH3 is 1. The van der Waals surface area contributed by atoms with Crippen molar-refractivity contribution in [2.24, 2.45) is 4.99 Å². The predicted octanol–water partition coefficient (Wildman–Crippen LogP) is 2.13. The van der Waals surface area contributed by atoms with Crippen molar-refractivity contribution in [3.05, 3.63) is 60.4 Å². The van der Waals surface area contributed by atoms with Gasteiger partial charge in [0.15, 0.2) is 5.17 Å². The van der Waals surface area contributed by atoms with Crippen LogP contribution in [-0.2, 0) is 11.2 Å². The first-order valence-corrected chi connectivity index (χ1v) is 9.12. The number of amides is 1. The van der Waals surface area contributed by atoms with Crippen LogP contribution in [0.5, 0.6) is 5.75 Å². The molecule has 27 heavy (non-hydrogen) atoms. The van der Waals surface area contributed by atoms with Crippen molar-refractivity contribution in [3.63, 3.8) is 0 Å². The second-order valence-electron chi connectivity index (χ2n) is 5.84. The maximum absolute atomic E-state index is 12.3. The molecule has 136 valence electrons. The summed E-state index contributed by atoms with van der Waals surface area (Å²) in [6.07, 6.45) is 2.13. The summed E-state index contributed by atoms with van der Waals surface area (Å²) in [7, 11) is 1.62. The summed E-state index contributed by atoms with van der Waals surface area (Å²) >= 11 is 1.43. The molecular weight excluding hydrogens is 364 g/mol. The zero-order valence-electron chi connectivity index (χ0n) is 14.4. The first-order chi connectivity index (χ1) is 13.2. The summed E-state index contributed by atoms with van der Waals surface area (Å²) in [6.45, 7) is 0. The Balaban J connectivity index is 1.46. The van der Waals surface area contributed by atoms with Crippen LogP contribution in [0.2, 0.25) is 0 Å². The molecule has 1 amide bonds. The van der Waals surface area contributed by atoms with Crippen molar-refractivity contribution < 1.29 is 9.53 Å². The molecule has 1 aliphatic heterocycles. The molecule has 0 spiro atoms. The number of rotatable bonds is 5. The number of tetrazole rings is 1. The summed E-state index contributed by atoms with van der Waals surface area (Å²) in [4.78, 5) is 16.8. The summed E-state index contributed by atoms with van der Waals surface area (Å²) in [5.41, 5.74) is 2.65. The summed E-state index contributed by atoms with van der Waals surface area (Å²) in [6, 6.07) is 15.2. The highest BCUT2D eigenvalue weighted by atomic mass is 32.2. The molecule has 4 rings (SSSR count). The van der Waals surface area contributed by atoms with Gasteiger partial charge in [-0.15, -0.1) is 5.10 Å². The zero-order valence-corrected chi connectivity index (χ0v) is 15.3. The molecule has 1 N–H and O–H groups in total. The molecule has 0 aliphatic carbocycles. The Morgan fingerprint density at radius 2 is 2.11 bits per heavy atom. The number of carbonyl (C=O) groups is 1. The third-order valence-electron chi connectivity index (χ3n) is 4.02. The molecule has 1 atom stereocenters. The third-order valence-corrected chi connectivity index (χ3v) is 5.11. The average molecular weight is 380 g/mol. The fourth-order valence-corrected chi connectivity index (χ4v) is 3.71. The van der Waals surface area contributed by atoms with Crippen LogP contribution in [0.25, 0.3) is 5.69 Å². The van der Waals surface area contributed by atoms with Gasteiger partial charge in [-0.2, -0.15) is 0 Å². The molecule has 8 nitrogen and oxygen atoms in total. The van der Waals surface area contributed by atoms with Gasteiger partial charge in [0, 0.05) is 0 Å². The molecule has 9 heteroatoms. The van der Waals surface area contributed by atoms with Crippen LogP contribution in [-0.4, -0.2) is 43.6 Å². The second kappa shape index (κ2) is 7.58. The Hall–Kier alpha value is -3.20. The van der Waals surface area contributed by atoms with E-state index in [0.717, 1.165) is 22.7 Å². The topological polar surface area (TPSA) is 94.3 Å². The standard InChI is InChI=1S/C18H16N6O2S/c1-26-15-7-5-13(6-8-15)20-18-21-17(25)16(27-18)10-12-3-2-4-14(9-12)24-11-19-22-23-24/h2-9,11,16H,10H2,1H3,(H,20,21,25)/t16-/m1/s1. The first-order valence-electron chi connectivity index (χ1n) is 8.24. The highest BCUT2D eigenvalue weighted by Crippen LogP contribution is 2.27. The lowest BCUT2D eigenvalue weighted by Crippen LogP contribution is -2.26. The van der Waals surface area contributed by atoms with Gasteiger partial charge in [0.05, 0.1) is 23.7 Å². The lowest BCUT2D eigenvalue weighted by Gasteiger charge is -2.07. The van der Waals surface area contributed by atoms with Crippen LogP contribution in [0.4, 0.5) is 5.69 Å². The molecule has 0 radical (unpaired) electrons. The number of hydrogen-bond donors (Lipinski definition) is 1. The number of thioether (sulfide) groups is 1.